The topological polar surface area (TPSA) is 88.2 Å². The van der Waals surface area contributed by atoms with Crippen molar-refractivity contribution in [3.8, 4) is 11.3 Å². The molecule has 0 radical (unpaired) electrons. The third-order valence-electron chi connectivity index (χ3n) is 3.86. The molecule has 4 aromatic rings. The molecule has 0 fully saturated rings. The van der Waals surface area contributed by atoms with Crippen LogP contribution in [0.25, 0.3) is 16.9 Å². The van der Waals surface area contributed by atoms with Gasteiger partial charge in [-0.05, 0) is 50.1 Å². The molecule has 0 spiro atoms. The third-order valence-corrected chi connectivity index (χ3v) is 5.23. The Kier molecular flexibility index (Phi) is 5.52. The minimum Gasteiger partial charge on any atom is -0.368 e. The van der Waals surface area contributed by atoms with Crippen LogP contribution < -0.4 is 5.32 Å². The summed E-state index contributed by atoms with van der Waals surface area (Å²) in [5.41, 5.74) is 2.13. The van der Waals surface area contributed by atoms with Crippen molar-refractivity contribution in [2.24, 2.45) is 0 Å². The summed E-state index contributed by atoms with van der Waals surface area (Å²) in [6, 6.07) is 5.09. The van der Waals surface area contributed by atoms with Gasteiger partial charge in [0, 0.05) is 16.8 Å². The first-order valence-electron chi connectivity index (χ1n) is 7.83. The number of halogens is 4. The van der Waals surface area contributed by atoms with Gasteiger partial charge >= 0.3 is 0 Å². The molecule has 142 valence electrons. The van der Waals surface area contributed by atoms with Gasteiger partial charge in [-0.2, -0.15) is 0 Å². The van der Waals surface area contributed by atoms with E-state index in [1.165, 1.54) is 12.4 Å². The number of nitrogens with zero attached hydrogens (tertiary/aromatic N) is 5. The van der Waals surface area contributed by atoms with Crippen LogP contribution in [0.15, 0.2) is 52.2 Å². The number of aromatic nitrogens is 5. The molecule has 1 unspecified atom stereocenters. The summed E-state index contributed by atoms with van der Waals surface area (Å²) >= 11 is 19.0. The zero-order valence-corrected chi connectivity index (χ0v) is 18.5. The molecule has 0 amide bonds. The molecule has 11 heteroatoms. The van der Waals surface area contributed by atoms with E-state index in [4.69, 9.17) is 23.2 Å². The fourth-order valence-electron chi connectivity index (χ4n) is 2.69. The predicted octanol–water partition coefficient (Wildman–Crippen LogP) is 5.12. The van der Waals surface area contributed by atoms with Gasteiger partial charge < -0.3 is 10.4 Å². The minimum absolute atomic E-state index is 0.395. The van der Waals surface area contributed by atoms with E-state index in [0.29, 0.717) is 47.7 Å². The van der Waals surface area contributed by atoms with Gasteiger partial charge in [0.2, 0.25) is 0 Å². The number of nitrogens with one attached hydrogen (secondary N) is 1. The Hall–Kier alpha value is -1.78. The molecule has 0 aliphatic carbocycles. The molecule has 0 saturated heterocycles. The number of aliphatic hydroxyl groups excluding tert-OH is 1. The first-order chi connectivity index (χ1) is 13.4. The maximum Gasteiger partial charge on any atom is 0.169 e. The molecule has 0 aliphatic heterocycles. The smallest absolute Gasteiger partial charge is 0.169 e. The molecule has 0 saturated carbocycles. The number of benzene rings is 1. The molecule has 3 heterocycles. The number of aliphatic hydroxyl groups is 1. The van der Waals surface area contributed by atoms with Gasteiger partial charge in [-0.15, -0.1) is 0 Å². The first kappa shape index (κ1) is 19.5. The lowest BCUT2D eigenvalue weighted by atomic mass is 10.1. The van der Waals surface area contributed by atoms with E-state index < -0.39 is 6.23 Å². The second-order valence-electron chi connectivity index (χ2n) is 5.68. The maximum absolute atomic E-state index is 11.0. The zero-order valence-electron chi connectivity index (χ0n) is 13.8. The molecule has 4 rings (SSSR count). The summed E-state index contributed by atoms with van der Waals surface area (Å²) in [5.74, 6) is 0.395. The van der Waals surface area contributed by atoms with E-state index in [9.17, 15) is 5.11 Å². The summed E-state index contributed by atoms with van der Waals surface area (Å²) in [6.07, 6.45) is 5.18. The van der Waals surface area contributed by atoms with Gasteiger partial charge in [-0.3, -0.25) is 4.40 Å². The lowest BCUT2D eigenvalue weighted by Crippen LogP contribution is -2.14. The first-order valence-corrected chi connectivity index (χ1v) is 10.2. The third kappa shape index (κ3) is 3.85. The Bertz CT molecular complexity index is 1170. The second-order valence-corrected chi connectivity index (χ2v) is 8.15. The van der Waals surface area contributed by atoms with Gasteiger partial charge in [-0.1, -0.05) is 23.2 Å². The number of hydrogen-bond donors (Lipinski definition) is 2. The Balaban J connectivity index is 1.86. The second kappa shape index (κ2) is 7.92. The normalized spacial score (nSPS) is 12.3. The SMILES string of the molecule is OC(Nc1cnc(Br)cn1)c1c(-c2ccc(Cl)cc2Cl)nc2cnc(Br)cn12. The zero-order chi connectivity index (χ0) is 19.8. The highest BCUT2D eigenvalue weighted by molar-refractivity contribution is 9.10. The molecule has 1 aromatic carbocycles. The van der Waals surface area contributed by atoms with E-state index in [2.05, 4.69) is 57.1 Å². The standard InChI is InChI=1S/C17H10Br2Cl2N6O/c18-11-4-24-13(5-22-11)25-17(28)16-15(9-2-1-8(20)3-10(9)21)26-14-6-23-12(19)7-27(14)16/h1-7,17,28H,(H,24,25). The summed E-state index contributed by atoms with van der Waals surface area (Å²) in [4.78, 5) is 17.1. The van der Waals surface area contributed by atoms with Crippen LogP contribution in [0, 0.1) is 0 Å². The average molecular weight is 545 g/mol. The molecular weight excluding hydrogens is 535 g/mol. The van der Waals surface area contributed by atoms with Gasteiger partial charge in [0.15, 0.2) is 11.9 Å². The fourth-order valence-corrected chi connectivity index (χ4v) is 3.70. The van der Waals surface area contributed by atoms with Crippen molar-refractivity contribution >= 4 is 66.5 Å². The van der Waals surface area contributed by atoms with Crippen LogP contribution in [0.3, 0.4) is 0 Å². The van der Waals surface area contributed by atoms with E-state index in [-0.39, 0.29) is 0 Å². The Morgan fingerprint density at radius 1 is 1.04 bits per heavy atom. The van der Waals surface area contributed by atoms with Crippen molar-refractivity contribution in [3.05, 3.63) is 67.9 Å². The Morgan fingerprint density at radius 2 is 1.82 bits per heavy atom. The minimum atomic E-state index is -1.15. The van der Waals surface area contributed by atoms with Crippen molar-refractivity contribution in [3.63, 3.8) is 0 Å². The lowest BCUT2D eigenvalue weighted by molar-refractivity contribution is 0.202. The monoisotopic (exact) mass is 542 g/mol. The molecule has 0 aliphatic rings. The predicted molar refractivity (Wildman–Crippen MR) is 114 cm³/mol. The lowest BCUT2D eigenvalue weighted by Gasteiger charge is -2.15. The molecule has 28 heavy (non-hydrogen) atoms. The van der Waals surface area contributed by atoms with E-state index in [1.807, 2.05) is 0 Å². The summed E-state index contributed by atoms with van der Waals surface area (Å²) in [6.45, 7) is 0. The van der Waals surface area contributed by atoms with Crippen molar-refractivity contribution in [1.29, 1.82) is 0 Å². The quantitative estimate of drug-likeness (QED) is 0.347. The van der Waals surface area contributed by atoms with Crippen LogP contribution >= 0.6 is 55.1 Å². The highest BCUT2D eigenvalue weighted by Crippen LogP contribution is 2.35. The van der Waals surface area contributed by atoms with Crippen molar-refractivity contribution in [2.75, 3.05) is 5.32 Å². The molecular formula is C17H10Br2Cl2N6O. The highest BCUT2D eigenvalue weighted by Gasteiger charge is 2.23. The van der Waals surface area contributed by atoms with Crippen molar-refractivity contribution < 1.29 is 5.11 Å². The number of anilines is 1. The van der Waals surface area contributed by atoms with Crippen molar-refractivity contribution in [1.82, 2.24) is 24.3 Å². The van der Waals surface area contributed by atoms with E-state index >= 15 is 0 Å². The molecule has 0 bridgehead atoms. The highest BCUT2D eigenvalue weighted by atomic mass is 79.9. The van der Waals surface area contributed by atoms with Crippen LogP contribution in [0.5, 0.6) is 0 Å². The van der Waals surface area contributed by atoms with E-state index in [1.54, 1.807) is 35.0 Å². The molecule has 3 aromatic heterocycles. The van der Waals surface area contributed by atoms with Gasteiger partial charge in [0.1, 0.15) is 15.0 Å². The maximum atomic E-state index is 11.0. The number of hydrogen-bond acceptors (Lipinski definition) is 6. The number of fused-ring (bicyclic) bond motifs is 1. The van der Waals surface area contributed by atoms with Gasteiger partial charge in [0.05, 0.1) is 35.0 Å². The Labute approximate surface area is 186 Å². The van der Waals surface area contributed by atoms with Crippen LogP contribution in [0.2, 0.25) is 10.0 Å². The summed E-state index contributed by atoms with van der Waals surface area (Å²) in [7, 11) is 0. The average Bonchev–Trinajstić information content (AvgIpc) is 3.02. The molecule has 1 atom stereocenters. The van der Waals surface area contributed by atoms with E-state index in [0.717, 1.165) is 0 Å². The van der Waals surface area contributed by atoms with Crippen LogP contribution in [0.1, 0.15) is 11.9 Å². The Morgan fingerprint density at radius 3 is 2.54 bits per heavy atom. The summed E-state index contributed by atoms with van der Waals surface area (Å²) < 4.78 is 2.90. The van der Waals surface area contributed by atoms with Crippen LogP contribution in [0.4, 0.5) is 5.82 Å². The largest absolute Gasteiger partial charge is 0.368 e. The van der Waals surface area contributed by atoms with Gasteiger partial charge in [0.25, 0.3) is 0 Å². The molecule has 2 N–H and O–H groups in total. The van der Waals surface area contributed by atoms with Gasteiger partial charge in [-0.25, -0.2) is 19.9 Å². The van der Waals surface area contributed by atoms with Crippen molar-refractivity contribution in [2.45, 2.75) is 6.23 Å². The number of rotatable bonds is 4. The fraction of sp³-hybridized carbons (Fsp3) is 0.0588. The summed E-state index contributed by atoms with van der Waals surface area (Å²) in [5, 5.41) is 14.8. The molecule has 7 nitrogen and oxygen atoms in total. The van der Waals surface area contributed by atoms with Crippen LogP contribution in [-0.4, -0.2) is 29.4 Å². The van der Waals surface area contributed by atoms with Crippen LogP contribution in [-0.2, 0) is 0 Å². The number of imidazole rings is 1.